The van der Waals surface area contributed by atoms with Gasteiger partial charge < -0.3 is 9.47 Å². The van der Waals surface area contributed by atoms with Gasteiger partial charge in [-0.1, -0.05) is 38.5 Å². The van der Waals surface area contributed by atoms with Crippen molar-refractivity contribution in [2.45, 2.75) is 114 Å². The lowest BCUT2D eigenvalue weighted by molar-refractivity contribution is -0.396. The molecular formula is C21H33F9O2. The number of unbranched alkanes of at least 4 members (excludes halogenated alkanes) is 7. The normalized spacial score (nSPS) is 18.8. The number of alkyl halides is 9. The van der Waals surface area contributed by atoms with Crippen molar-refractivity contribution >= 4 is 0 Å². The Morgan fingerprint density at radius 1 is 0.656 bits per heavy atom. The van der Waals surface area contributed by atoms with Crippen molar-refractivity contribution < 1.29 is 49.0 Å². The van der Waals surface area contributed by atoms with Gasteiger partial charge in [0.25, 0.3) is 0 Å². The lowest BCUT2D eigenvalue weighted by Gasteiger charge is -2.33. The molecule has 1 saturated heterocycles. The maximum absolute atomic E-state index is 13.4. The molecule has 1 rings (SSSR count). The second-order valence-corrected chi connectivity index (χ2v) is 8.32. The Balaban J connectivity index is 2.03. The molecule has 1 fully saturated rings. The van der Waals surface area contributed by atoms with Gasteiger partial charge >= 0.3 is 23.9 Å². The highest BCUT2D eigenvalue weighted by Gasteiger charge is 2.81. The van der Waals surface area contributed by atoms with Crippen molar-refractivity contribution in [1.29, 1.82) is 0 Å². The van der Waals surface area contributed by atoms with Crippen molar-refractivity contribution in [1.82, 2.24) is 0 Å². The van der Waals surface area contributed by atoms with Crippen LogP contribution in [-0.4, -0.2) is 49.9 Å². The highest BCUT2D eigenvalue weighted by molar-refractivity contribution is 5.00. The molecule has 2 nitrogen and oxygen atoms in total. The van der Waals surface area contributed by atoms with E-state index in [9.17, 15) is 39.5 Å². The molecular weight excluding hydrogens is 455 g/mol. The maximum Gasteiger partial charge on any atom is 0.460 e. The van der Waals surface area contributed by atoms with E-state index in [1.165, 1.54) is 6.42 Å². The van der Waals surface area contributed by atoms with Crippen molar-refractivity contribution in [2.24, 2.45) is 0 Å². The van der Waals surface area contributed by atoms with Crippen LogP contribution in [0, 0.1) is 0 Å². The zero-order valence-corrected chi connectivity index (χ0v) is 18.1. The Labute approximate surface area is 183 Å². The Kier molecular flexibility index (Phi) is 12.1. The molecule has 0 aromatic carbocycles. The lowest BCUT2D eigenvalue weighted by Crippen LogP contribution is -2.60. The fourth-order valence-corrected chi connectivity index (χ4v) is 3.53. The van der Waals surface area contributed by atoms with Crippen LogP contribution < -0.4 is 0 Å². The number of hydrogen-bond donors (Lipinski definition) is 0. The summed E-state index contributed by atoms with van der Waals surface area (Å²) in [6.45, 7) is 2.11. The van der Waals surface area contributed by atoms with Gasteiger partial charge in [0.2, 0.25) is 0 Å². The largest absolute Gasteiger partial charge is 0.460 e. The van der Waals surface area contributed by atoms with Crippen LogP contribution in [0.4, 0.5) is 39.5 Å². The average Bonchev–Trinajstić information content (AvgIpc) is 2.71. The molecule has 1 atom stereocenters. The fourth-order valence-electron chi connectivity index (χ4n) is 3.53. The first kappa shape index (κ1) is 29.3. The van der Waals surface area contributed by atoms with E-state index in [-0.39, 0.29) is 12.5 Å². The lowest BCUT2D eigenvalue weighted by atomic mass is 9.97. The Hall–Kier alpha value is -0.710. The van der Waals surface area contributed by atoms with E-state index in [0.717, 1.165) is 51.6 Å². The predicted octanol–water partition coefficient (Wildman–Crippen LogP) is 7.94. The van der Waals surface area contributed by atoms with Crippen LogP contribution in [0.1, 0.15) is 83.5 Å². The number of rotatable bonds is 16. The highest BCUT2D eigenvalue weighted by Crippen LogP contribution is 2.54. The summed E-state index contributed by atoms with van der Waals surface area (Å²) >= 11 is 0. The molecule has 1 heterocycles. The molecule has 0 aromatic heterocycles. The van der Waals surface area contributed by atoms with Crippen molar-refractivity contribution in [2.75, 3.05) is 19.8 Å². The molecule has 0 radical (unpaired) electrons. The minimum absolute atomic E-state index is 0.0512. The van der Waals surface area contributed by atoms with Gasteiger partial charge in [0, 0.05) is 26.2 Å². The maximum atomic E-state index is 13.4. The van der Waals surface area contributed by atoms with E-state index in [4.69, 9.17) is 9.47 Å². The molecule has 1 aliphatic heterocycles. The van der Waals surface area contributed by atoms with Gasteiger partial charge in [-0.3, -0.25) is 0 Å². The SMILES string of the molecule is FC(F)(F)C(F)(F)C(F)(F)C(F)(F)CCCCCCCCCCOCCC1CCCCO1. The zero-order valence-electron chi connectivity index (χ0n) is 18.1. The summed E-state index contributed by atoms with van der Waals surface area (Å²) in [5.41, 5.74) is 0. The molecule has 0 aliphatic carbocycles. The summed E-state index contributed by atoms with van der Waals surface area (Å²) in [4.78, 5) is 0. The smallest absolute Gasteiger partial charge is 0.381 e. The summed E-state index contributed by atoms with van der Waals surface area (Å²) in [7, 11) is 0. The molecule has 32 heavy (non-hydrogen) atoms. The molecule has 11 heteroatoms. The van der Waals surface area contributed by atoms with Gasteiger partial charge in [-0.2, -0.15) is 39.5 Å². The quantitative estimate of drug-likeness (QED) is 0.162. The first-order chi connectivity index (χ1) is 14.8. The topological polar surface area (TPSA) is 18.5 Å². The minimum Gasteiger partial charge on any atom is -0.381 e. The number of hydrogen-bond acceptors (Lipinski definition) is 2. The van der Waals surface area contributed by atoms with Crippen LogP contribution in [-0.2, 0) is 9.47 Å². The van der Waals surface area contributed by atoms with E-state index < -0.39 is 36.8 Å². The molecule has 1 unspecified atom stereocenters. The summed E-state index contributed by atoms with van der Waals surface area (Å²) < 4.78 is 126. The van der Waals surface area contributed by atoms with Crippen LogP contribution >= 0.6 is 0 Å². The molecule has 0 saturated carbocycles. The van der Waals surface area contributed by atoms with E-state index in [2.05, 4.69) is 0 Å². The summed E-state index contributed by atoms with van der Waals surface area (Å²) in [5, 5.41) is 0. The third kappa shape index (κ3) is 8.91. The van der Waals surface area contributed by atoms with Gasteiger partial charge in [0.05, 0.1) is 6.10 Å². The van der Waals surface area contributed by atoms with Gasteiger partial charge in [-0.25, -0.2) is 0 Å². The second kappa shape index (κ2) is 13.2. The molecule has 0 aromatic rings. The Morgan fingerprint density at radius 2 is 1.22 bits per heavy atom. The Bertz CT molecular complexity index is 504. The van der Waals surface area contributed by atoms with Crippen LogP contribution in [0.3, 0.4) is 0 Å². The summed E-state index contributed by atoms with van der Waals surface area (Å²) in [6.07, 6.45) is 0.0592. The van der Waals surface area contributed by atoms with Crippen LogP contribution in [0.25, 0.3) is 0 Å². The second-order valence-electron chi connectivity index (χ2n) is 8.32. The zero-order chi connectivity index (χ0) is 24.3. The molecule has 0 bridgehead atoms. The Morgan fingerprint density at radius 3 is 1.75 bits per heavy atom. The standard InChI is InChI=1S/C21H33F9O2/c22-18(23,19(24,25)20(26,27)21(28,29)30)13-8-5-3-1-2-4-6-9-14-31-16-12-17-11-7-10-15-32-17/h17H,1-16H2. The third-order valence-corrected chi connectivity index (χ3v) is 5.60. The summed E-state index contributed by atoms with van der Waals surface area (Å²) in [6, 6.07) is 0. The molecule has 192 valence electrons. The number of ether oxygens (including phenoxy) is 2. The van der Waals surface area contributed by atoms with Crippen LogP contribution in [0.5, 0.6) is 0 Å². The first-order valence-corrected chi connectivity index (χ1v) is 11.2. The van der Waals surface area contributed by atoms with Gasteiger partial charge in [-0.05, 0) is 38.5 Å². The van der Waals surface area contributed by atoms with E-state index in [1.807, 2.05) is 0 Å². The minimum atomic E-state index is -6.79. The van der Waals surface area contributed by atoms with Crippen molar-refractivity contribution in [3.63, 3.8) is 0 Å². The number of halogens is 9. The van der Waals surface area contributed by atoms with Crippen molar-refractivity contribution in [3.8, 4) is 0 Å². The predicted molar refractivity (Wildman–Crippen MR) is 101 cm³/mol. The van der Waals surface area contributed by atoms with Crippen LogP contribution in [0.2, 0.25) is 0 Å². The van der Waals surface area contributed by atoms with Gasteiger partial charge in [-0.15, -0.1) is 0 Å². The van der Waals surface area contributed by atoms with Crippen molar-refractivity contribution in [3.05, 3.63) is 0 Å². The molecule has 0 amide bonds. The average molecular weight is 488 g/mol. The molecule has 0 N–H and O–H groups in total. The summed E-state index contributed by atoms with van der Waals surface area (Å²) in [5.74, 6) is -18.7. The third-order valence-electron chi connectivity index (χ3n) is 5.60. The van der Waals surface area contributed by atoms with E-state index in [0.29, 0.717) is 26.1 Å². The van der Waals surface area contributed by atoms with E-state index in [1.54, 1.807) is 0 Å². The molecule has 0 spiro atoms. The first-order valence-electron chi connectivity index (χ1n) is 11.2. The monoisotopic (exact) mass is 488 g/mol. The highest BCUT2D eigenvalue weighted by atomic mass is 19.4. The van der Waals surface area contributed by atoms with Gasteiger partial charge in [0.1, 0.15) is 0 Å². The fraction of sp³-hybridized carbons (Fsp3) is 1.00. The van der Waals surface area contributed by atoms with Crippen LogP contribution in [0.15, 0.2) is 0 Å². The van der Waals surface area contributed by atoms with E-state index >= 15 is 0 Å². The molecule has 1 aliphatic rings. The van der Waals surface area contributed by atoms with Gasteiger partial charge in [0.15, 0.2) is 0 Å².